The van der Waals surface area contributed by atoms with E-state index < -0.39 is 11.0 Å². The summed E-state index contributed by atoms with van der Waals surface area (Å²) in [5.74, 6) is -0.0558. The van der Waals surface area contributed by atoms with E-state index in [-0.39, 0.29) is 11.9 Å². The van der Waals surface area contributed by atoms with Crippen LogP contribution in [0, 0.1) is 11.3 Å². The van der Waals surface area contributed by atoms with Crippen molar-refractivity contribution in [3.05, 3.63) is 0 Å². The van der Waals surface area contributed by atoms with E-state index in [0.29, 0.717) is 13.0 Å². The number of hydrogen-bond acceptors (Lipinski definition) is 4. The van der Waals surface area contributed by atoms with Crippen LogP contribution in [0.5, 0.6) is 0 Å². The highest BCUT2D eigenvalue weighted by molar-refractivity contribution is 5.99. The fourth-order valence-electron chi connectivity index (χ4n) is 2.58. The van der Waals surface area contributed by atoms with Gasteiger partial charge < -0.3 is 9.57 Å². The predicted molar refractivity (Wildman–Crippen MR) is 66.8 cm³/mol. The van der Waals surface area contributed by atoms with Crippen LogP contribution >= 0.6 is 0 Å². The first-order chi connectivity index (χ1) is 7.83. The highest BCUT2D eigenvalue weighted by Gasteiger charge is 2.60. The van der Waals surface area contributed by atoms with Crippen LogP contribution in [0.3, 0.4) is 0 Å². The van der Waals surface area contributed by atoms with Gasteiger partial charge in [0.05, 0.1) is 17.7 Å². The van der Waals surface area contributed by atoms with E-state index in [1.165, 1.54) is 0 Å². The molecule has 0 N–H and O–H groups in total. The highest BCUT2D eigenvalue weighted by Crippen LogP contribution is 2.46. The molecule has 0 aliphatic carbocycles. The molecule has 0 aromatic heterocycles. The fraction of sp³-hybridized carbons (Fsp3) is 0.846. The van der Waals surface area contributed by atoms with Crippen molar-refractivity contribution in [1.29, 1.82) is 0 Å². The van der Waals surface area contributed by atoms with Crippen LogP contribution in [-0.4, -0.2) is 23.9 Å². The number of rotatable bonds is 4. The molecule has 1 unspecified atom stereocenters. The molecule has 17 heavy (non-hydrogen) atoms. The molecular weight excluding hydrogens is 218 g/mol. The average Bonchev–Trinajstić information content (AvgIpc) is 2.50. The maximum absolute atomic E-state index is 12.2. The molecule has 0 saturated heterocycles. The van der Waals surface area contributed by atoms with E-state index in [9.17, 15) is 4.79 Å². The second kappa shape index (κ2) is 4.67. The first kappa shape index (κ1) is 14.0. The number of esters is 1. The maximum Gasteiger partial charge on any atom is 0.354 e. The van der Waals surface area contributed by atoms with Gasteiger partial charge in [0.2, 0.25) is 5.60 Å². The van der Waals surface area contributed by atoms with E-state index in [1.807, 2.05) is 20.8 Å². The summed E-state index contributed by atoms with van der Waals surface area (Å²) < 4.78 is 5.15. The van der Waals surface area contributed by atoms with Gasteiger partial charge in [0, 0.05) is 0 Å². The Labute approximate surface area is 103 Å². The summed E-state index contributed by atoms with van der Waals surface area (Å²) in [6.45, 7) is 12.2. The smallest absolute Gasteiger partial charge is 0.354 e. The molecule has 0 aromatic rings. The Morgan fingerprint density at radius 2 is 2.00 bits per heavy atom. The largest absolute Gasteiger partial charge is 0.463 e. The van der Waals surface area contributed by atoms with Crippen LogP contribution in [0.1, 0.15) is 48.0 Å². The normalized spacial score (nSPS) is 26.6. The first-order valence-corrected chi connectivity index (χ1v) is 6.27. The van der Waals surface area contributed by atoms with Crippen molar-refractivity contribution >= 4 is 11.7 Å². The third kappa shape index (κ3) is 1.94. The molecule has 1 atom stereocenters. The molecule has 1 heterocycles. The van der Waals surface area contributed by atoms with Crippen molar-refractivity contribution in [2.45, 2.75) is 53.6 Å². The van der Waals surface area contributed by atoms with Crippen molar-refractivity contribution in [3.8, 4) is 0 Å². The molecule has 0 bridgehead atoms. The molecule has 1 rings (SSSR count). The molecule has 4 heteroatoms. The van der Waals surface area contributed by atoms with Crippen LogP contribution in [0.15, 0.2) is 5.16 Å². The Morgan fingerprint density at radius 3 is 2.35 bits per heavy atom. The zero-order valence-electron chi connectivity index (χ0n) is 11.7. The molecule has 1 aliphatic rings. The number of hydrogen-bond donors (Lipinski definition) is 0. The number of carbonyl (C=O) groups is 1. The van der Waals surface area contributed by atoms with Gasteiger partial charge >= 0.3 is 5.97 Å². The molecule has 0 saturated carbocycles. The van der Waals surface area contributed by atoms with Crippen LogP contribution in [0.2, 0.25) is 0 Å². The summed E-state index contributed by atoms with van der Waals surface area (Å²) in [6, 6.07) is 0. The molecule has 0 spiro atoms. The summed E-state index contributed by atoms with van der Waals surface area (Å²) in [4.78, 5) is 17.7. The molecule has 1 aliphatic heterocycles. The van der Waals surface area contributed by atoms with Gasteiger partial charge in [-0.25, -0.2) is 4.79 Å². The van der Waals surface area contributed by atoms with Gasteiger partial charge in [-0.05, 0) is 33.1 Å². The van der Waals surface area contributed by atoms with E-state index in [1.54, 1.807) is 6.92 Å². The molecule has 0 fully saturated rings. The van der Waals surface area contributed by atoms with Gasteiger partial charge in [0.15, 0.2) is 0 Å². The topological polar surface area (TPSA) is 47.9 Å². The van der Waals surface area contributed by atoms with Crippen LogP contribution < -0.4 is 0 Å². The van der Waals surface area contributed by atoms with Crippen molar-refractivity contribution in [3.63, 3.8) is 0 Å². The number of nitrogens with zero attached hydrogens (tertiary/aromatic N) is 1. The molecule has 4 nitrogen and oxygen atoms in total. The quantitative estimate of drug-likeness (QED) is 0.711. The van der Waals surface area contributed by atoms with E-state index in [4.69, 9.17) is 9.57 Å². The number of carbonyl (C=O) groups excluding carboxylic acids is 1. The Balaban J connectivity index is 3.10. The molecule has 0 aromatic carbocycles. The van der Waals surface area contributed by atoms with E-state index in [2.05, 4.69) is 19.0 Å². The maximum atomic E-state index is 12.2. The standard InChI is InChI=1S/C13H23NO3/c1-7-13(11(15)16-8-2)12(5,6)10(9(3)4)14-17-13/h9H,7-8H2,1-6H3. The molecule has 0 amide bonds. The summed E-state index contributed by atoms with van der Waals surface area (Å²) in [5.41, 5.74) is -0.475. The third-order valence-electron chi connectivity index (χ3n) is 3.60. The Kier molecular flexibility index (Phi) is 3.84. The highest BCUT2D eigenvalue weighted by atomic mass is 16.7. The van der Waals surface area contributed by atoms with Gasteiger partial charge in [-0.2, -0.15) is 0 Å². The van der Waals surface area contributed by atoms with Crippen LogP contribution in [0.4, 0.5) is 0 Å². The zero-order valence-corrected chi connectivity index (χ0v) is 11.7. The summed E-state index contributed by atoms with van der Waals surface area (Å²) >= 11 is 0. The summed E-state index contributed by atoms with van der Waals surface area (Å²) in [6.07, 6.45) is 0.554. The zero-order chi connectivity index (χ0) is 13.3. The Morgan fingerprint density at radius 1 is 1.41 bits per heavy atom. The van der Waals surface area contributed by atoms with Gasteiger partial charge in [-0.1, -0.05) is 25.9 Å². The molecule has 98 valence electrons. The second-order valence-corrected chi connectivity index (χ2v) is 5.25. The Hall–Kier alpha value is -1.06. The van der Waals surface area contributed by atoms with E-state index in [0.717, 1.165) is 5.71 Å². The van der Waals surface area contributed by atoms with Gasteiger partial charge in [-0.3, -0.25) is 0 Å². The predicted octanol–water partition coefficient (Wildman–Crippen LogP) is 2.77. The molecule has 0 radical (unpaired) electrons. The SMILES string of the molecule is CCOC(=O)C1(CC)ON=C(C(C)C)C1(C)C. The summed E-state index contributed by atoms with van der Waals surface area (Å²) in [5, 5.41) is 4.13. The lowest BCUT2D eigenvalue weighted by Crippen LogP contribution is -2.53. The van der Waals surface area contributed by atoms with E-state index >= 15 is 0 Å². The number of oxime groups is 1. The van der Waals surface area contributed by atoms with Crippen molar-refractivity contribution in [1.82, 2.24) is 0 Å². The van der Waals surface area contributed by atoms with Crippen molar-refractivity contribution in [2.24, 2.45) is 16.5 Å². The second-order valence-electron chi connectivity index (χ2n) is 5.25. The lowest BCUT2D eigenvalue weighted by atomic mass is 9.68. The monoisotopic (exact) mass is 241 g/mol. The van der Waals surface area contributed by atoms with Gasteiger partial charge in [0.25, 0.3) is 0 Å². The van der Waals surface area contributed by atoms with Crippen LogP contribution in [0.25, 0.3) is 0 Å². The summed E-state index contributed by atoms with van der Waals surface area (Å²) in [7, 11) is 0. The number of ether oxygens (including phenoxy) is 1. The van der Waals surface area contributed by atoms with Gasteiger partial charge in [-0.15, -0.1) is 0 Å². The molecular formula is C13H23NO3. The minimum absolute atomic E-state index is 0.257. The van der Waals surface area contributed by atoms with Crippen LogP contribution in [-0.2, 0) is 14.4 Å². The van der Waals surface area contributed by atoms with Crippen molar-refractivity contribution in [2.75, 3.05) is 6.61 Å². The van der Waals surface area contributed by atoms with Crippen molar-refractivity contribution < 1.29 is 14.4 Å². The average molecular weight is 241 g/mol. The fourth-order valence-corrected chi connectivity index (χ4v) is 2.58. The lowest BCUT2D eigenvalue weighted by Gasteiger charge is -2.36. The third-order valence-corrected chi connectivity index (χ3v) is 3.60. The minimum atomic E-state index is -0.970. The first-order valence-electron chi connectivity index (χ1n) is 6.27. The minimum Gasteiger partial charge on any atom is -0.463 e. The van der Waals surface area contributed by atoms with Gasteiger partial charge in [0.1, 0.15) is 0 Å². The lowest BCUT2D eigenvalue weighted by molar-refractivity contribution is -0.179. The Bertz CT molecular complexity index is 334.